The van der Waals surface area contributed by atoms with Crippen molar-refractivity contribution in [3.63, 3.8) is 0 Å². The maximum absolute atomic E-state index is 12.8. The number of carbonyl (C=O) groups excluding carboxylic acids is 2. The SMILES string of the molecule is C[C@@H]1[C@H](C(=O)NOCc2ccccc2)N(C(=O)OC(C)(C)C)CCN1S(C)(=O)=O. The van der Waals surface area contributed by atoms with Crippen molar-refractivity contribution in [2.45, 2.75) is 52.0 Å². The summed E-state index contributed by atoms with van der Waals surface area (Å²) in [5.74, 6) is -0.618. The van der Waals surface area contributed by atoms with Crippen LogP contribution in [-0.4, -0.2) is 66.7 Å². The smallest absolute Gasteiger partial charge is 0.411 e. The van der Waals surface area contributed by atoms with Crippen molar-refractivity contribution in [2.75, 3.05) is 19.3 Å². The highest BCUT2D eigenvalue weighted by Gasteiger charge is 2.45. The van der Waals surface area contributed by atoms with E-state index < -0.39 is 39.7 Å². The van der Waals surface area contributed by atoms with E-state index in [0.29, 0.717) is 0 Å². The van der Waals surface area contributed by atoms with E-state index in [-0.39, 0.29) is 19.7 Å². The van der Waals surface area contributed by atoms with Gasteiger partial charge in [-0.2, -0.15) is 4.31 Å². The number of hydrogen-bond acceptors (Lipinski definition) is 6. The Morgan fingerprint density at radius 1 is 1.17 bits per heavy atom. The topological polar surface area (TPSA) is 105 Å². The monoisotopic (exact) mass is 427 g/mol. The Bertz CT molecular complexity index is 822. The maximum Gasteiger partial charge on any atom is 0.411 e. The van der Waals surface area contributed by atoms with Gasteiger partial charge in [0.25, 0.3) is 5.91 Å². The molecule has 1 fully saturated rings. The number of amides is 2. The number of nitrogens with one attached hydrogen (secondary N) is 1. The van der Waals surface area contributed by atoms with Crippen molar-refractivity contribution in [1.29, 1.82) is 0 Å². The Balaban J connectivity index is 2.16. The molecule has 2 amide bonds. The molecule has 2 atom stereocenters. The van der Waals surface area contributed by atoms with Gasteiger partial charge >= 0.3 is 6.09 Å². The average Bonchev–Trinajstić information content (AvgIpc) is 2.59. The van der Waals surface area contributed by atoms with E-state index in [0.717, 1.165) is 11.8 Å². The van der Waals surface area contributed by atoms with Gasteiger partial charge in [0.2, 0.25) is 10.0 Å². The molecule has 0 saturated carbocycles. The molecule has 29 heavy (non-hydrogen) atoms. The third-order valence-corrected chi connectivity index (χ3v) is 5.75. The van der Waals surface area contributed by atoms with Gasteiger partial charge in [-0.25, -0.2) is 18.7 Å². The fraction of sp³-hybridized carbons (Fsp3) is 0.579. The summed E-state index contributed by atoms with van der Waals surface area (Å²) in [6.07, 6.45) is 0.397. The number of hydrogen-bond donors (Lipinski definition) is 1. The molecule has 0 aromatic heterocycles. The third-order valence-electron chi connectivity index (χ3n) is 4.39. The molecule has 1 N–H and O–H groups in total. The molecule has 0 radical (unpaired) electrons. The van der Waals surface area contributed by atoms with Gasteiger partial charge in [0.15, 0.2) is 0 Å². The van der Waals surface area contributed by atoms with Gasteiger partial charge in [0.1, 0.15) is 11.6 Å². The zero-order valence-corrected chi connectivity index (χ0v) is 18.2. The van der Waals surface area contributed by atoms with Gasteiger partial charge < -0.3 is 4.74 Å². The van der Waals surface area contributed by atoms with Crippen molar-refractivity contribution in [3.8, 4) is 0 Å². The Hall–Kier alpha value is -2.17. The van der Waals surface area contributed by atoms with Gasteiger partial charge in [-0.3, -0.25) is 14.5 Å². The number of benzene rings is 1. The number of piperazine rings is 1. The van der Waals surface area contributed by atoms with Crippen LogP contribution in [0.4, 0.5) is 4.79 Å². The van der Waals surface area contributed by atoms with Crippen LogP contribution in [0.25, 0.3) is 0 Å². The highest BCUT2D eigenvalue weighted by Crippen LogP contribution is 2.23. The lowest BCUT2D eigenvalue weighted by Gasteiger charge is -2.43. The molecule has 0 bridgehead atoms. The Morgan fingerprint density at radius 2 is 1.79 bits per heavy atom. The standard InChI is InChI=1S/C19H29N3O6S/c1-14-16(17(23)20-27-13-15-9-7-6-8-10-15)21(18(24)28-19(2,3)4)11-12-22(14)29(5,25)26/h6-10,14,16H,11-13H2,1-5H3,(H,20,23)/t14-,16-/m1/s1. The van der Waals surface area contributed by atoms with Gasteiger partial charge in [-0.1, -0.05) is 30.3 Å². The maximum atomic E-state index is 12.8. The van der Waals surface area contributed by atoms with Crippen LogP contribution in [-0.2, 0) is 31.0 Å². The normalized spacial score (nSPS) is 20.9. The summed E-state index contributed by atoms with van der Waals surface area (Å²) >= 11 is 0. The minimum atomic E-state index is -3.56. The Labute approximate surface area is 172 Å². The molecular weight excluding hydrogens is 398 g/mol. The molecule has 1 aromatic carbocycles. The van der Waals surface area contributed by atoms with Crippen LogP contribution < -0.4 is 5.48 Å². The fourth-order valence-corrected chi connectivity index (χ4v) is 4.28. The molecule has 162 valence electrons. The third kappa shape index (κ3) is 6.41. The molecule has 1 saturated heterocycles. The second-order valence-corrected chi connectivity index (χ2v) is 9.91. The summed E-state index contributed by atoms with van der Waals surface area (Å²) in [4.78, 5) is 32.0. The number of rotatable bonds is 5. The number of carbonyl (C=O) groups is 2. The molecule has 10 heteroatoms. The summed E-state index contributed by atoms with van der Waals surface area (Å²) in [7, 11) is -3.56. The Morgan fingerprint density at radius 3 is 2.34 bits per heavy atom. The lowest BCUT2D eigenvalue weighted by atomic mass is 10.1. The van der Waals surface area contributed by atoms with Crippen molar-refractivity contribution in [1.82, 2.24) is 14.7 Å². The van der Waals surface area contributed by atoms with Crippen LogP contribution in [0.2, 0.25) is 0 Å². The lowest BCUT2D eigenvalue weighted by Crippen LogP contribution is -2.66. The second-order valence-electron chi connectivity index (χ2n) is 7.97. The summed E-state index contributed by atoms with van der Waals surface area (Å²) in [6.45, 7) is 6.99. The zero-order chi connectivity index (χ0) is 21.8. The highest BCUT2D eigenvalue weighted by molar-refractivity contribution is 7.88. The van der Waals surface area contributed by atoms with Crippen LogP contribution in [0.15, 0.2) is 30.3 Å². The highest BCUT2D eigenvalue weighted by atomic mass is 32.2. The summed E-state index contributed by atoms with van der Waals surface area (Å²) in [5, 5.41) is 0. The van der Waals surface area contributed by atoms with E-state index in [1.165, 1.54) is 9.21 Å². The van der Waals surface area contributed by atoms with Crippen LogP contribution in [0.5, 0.6) is 0 Å². The van der Waals surface area contributed by atoms with Crippen LogP contribution in [0, 0.1) is 0 Å². The van der Waals surface area contributed by atoms with E-state index in [4.69, 9.17) is 9.57 Å². The first-order chi connectivity index (χ1) is 13.4. The number of hydroxylamine groups is 1. The van der Waals surface area contributed by atoms with E-state index in [2.05, 4.69) is 5.48 Å². The molecule has 0 spiro atoms. The number of sulfonamides is 1. The fourth-order valence-electron chi connectivity index (χ4n) is 3.15. The zero-order valence-electron chi connectivity index (χ0n) is 17.4. The summed E-state index contributed by atoms with van der Waals surface area (Å²) < 4.78 is 30.8. The molecular formula is C19H29N3O6S. The van der Waals surface area contributed by atoms with Crippen molar-refractivity contribution in [2.24, 2.45) is 0 Å². The van der Waals surface area contributed by atoms with E-state index in [1.807, 2.05) is 30.3 Å². The lowest BCUT2D eigenvalue weighted by molar-refractivity contribution is -0.143. The van der Waals surface area contributed by atoms with E-state index in [9.17, 15) is 18.0 Å². The molecule has 1 aliphatic rings. The van der Waals surface area contributed by atoms with Gasteiger partial charge in [-0.15, -0.1) is 0 Å². The van der Waals surface area contributed by atoms with Gasteiger partial charge in [0, 0.05) is 13.1 Å². The van der Waals surface area contributed by atoms with Gasteiger partial charge in [0.05, 0.1) is 18.9 Å². The number of nitrogens with zero attached hydrogens (tertiary/aromatic N) is 2. The molecule has 1 aliphatic heterocycles. The first kappa shape index (κ1) is 23.1. The molecule has 0 aliphatic carbocycles. The van der Waals surface area contributed by atoms with E-state index in [1.54, 1.807) is 27.7 Å². The van der Waals surface area contributed by atoms with Gasteiger partial charge in [-0.05, 0) is 33.3 Å². The average molecular weight is 428 g/mol. The van der Waals surface area contributed by atoms with Crippen LogP contribution in [0.3, 0.4) is 0 Å². The minimum Gasteiger partial charge on any atom is -0.444 e. The molecule has 1 heterocycles. The molecule has 2 rings (SSSR count). The van der Waals surface area contributed by atoms with Crippen molar-refractivity contribution < 1.29 is 27.6 Å². The Kier molecular flexibility index (Phi) is 7.25. The molecule has 9 nitrogen and oxygen atoms in total. The molecule has 1 aromatic rings. The number of ether oxygens (including phenoxy) is 1. The summed E-state index contributed by atoms with van der Waals surface area (Å²) in [6, 6.07) is 7.36. The predicted octanol–water partition coefficient (Wildman–Crippen LogP) is 1.50. The first-order valence-corrected chi connectivity index (χ1v) is 11.2. The van der Waals surface area contributed by atoms with Crippen molar-refractivity contribution in [3.05, 3.63) is 35.9 Å². The van der Waals surface area contributed by atoms with Crippen molar-refractivity contribution >= 4 is 22.0 Å². The first-order valence-electron chi connectivity index (χ1n) is 9.32. The summed E-state index contributed by atoms with van der Waals surface area (Å²) in [5.41, 5.74) is 2.44. The largest absolute Gasteiger partial charge is 0.444 e. The molecule has 0 unspecified atom stereocenters. The second kappa shape index (κ2) is 9.10. The van der Waals surface area contributed by atoms with E-state index >= 15 is 0 Å². The minimum absolute atomic E-state index is 0.0308. The van der Waals surface area contributed by atoms with Crippen LogP contribution >= 0.6 is 0 Å². The predicted molar refractivity (Wildman–Crippen MR) is 107 cm³/mol. The van der Waals surface area contributed by atoms with Crippen LogP contribution in [0.1, 0.15) is 33.3 Å². The quantitative estimate of drug-likeness (QED) is 0.714.